The molecule has 0 aromatic heterocycles. The second-order valence-corrected chi connectivity index (χ2v) is 7.29. The lowest BCUT2D eigenvalue weighted by Crippen LogP contribution is -2.40. The van der Waals surface area contributed by atoms with Crippen molar-refractivity contribution in [3.63, 3.8) is 0 Å². The summed E-state index contributed by atoms with van der Waals surface area (Å²) < 4.78 is 10.6. The van der Waals surface area contributed by atoms with Crippen LogP contribution in [0, 0.1) is 0 Å². The molecule has 0 saturated carbocycles. The van der Waals surface area contributed by atoms with Crippen molar-refractivity contribution in [3.8, 4) is 11.5 Å². The van der Waals surface area contributed by atoms with Crippen molar-refractivity contribution >= 4 is 11.8 Å². The van der Waals surface area contributed by atoms with E-state index in [1.165, 1.54) is 0 Å². The molecule has 3 aromatic rings. The average Bonchev–Trinajstić information content (AvgIpc) is 3.29. The quantitative estimate of drug-likeness (QED) is 0.611. The standard InChI is InChI=1S/C25H24N2O4/c28-24(16-26-25(29)21-11-12-22-23(15-21)31-18-30-22)27(17-20-9-5-2-6-10-20)14-13-19-7-3-1-4-8-19/h1-12,15H,13-14,16-18H2,(H,26,29). The number of rotatable bonds is 8. The Hall–Kier alpha value is -3.80. The highest BCUT2D eigenvalue weighted by atomic mass is 16.7. The van der Waals surface area contributed by atoms with Crippen LogP contribution in [0.1, 0.15) is 21.5 Å². The number of ether oxygens (including phenoxy) is 2. The van der Waals surface area contributed by atoms with Gasteiger partial charge in [-0.25, -0.2) is 0 Å². The average molecular weight is 416 g/mol. The first kappa shape index (κ1) is 20.5. The SMILES string of the molecule is O=C(NCC(=O)N(CCc1ccccc1)Cc1ccccc1)c1ccc2c(c1)OCO2. The third-order valence-electron chi connectivity index (χ3n) is 5.12. The number of amides is 2. The molecule has 2 amide bonds. The summed E-state index contributed by atoms with van der Waals surface area (Å²) in [5.41, 5.74) is 2.64. The van der Waals surface area contributed by atoms with Crippen LogP contribution in [0.2, 0.25) is 0 Å². The predicted octanol–water partition coefficient (Wildman–Crippen LogP) is 3.42. The summed E-state index contributed by atoms with van der Waals surface area (Å²) in [5.74, 6) is 0.693. The van der Waals surface area contributed by atoms with Crippen molar-refractivity contribution in [2.75, 3.05) is 19.9 Å². The summed E-state index contributed by atoms with van der Waals surface area (Å²) in [4.78, 5) is 27.3. The number of fused-ring (bicyclic) bond motifs is 1. The van der Waals surface area contributed by atoms with E-state index in [-0.39, 0.29) is 25.2 Å². The van der Waals surface area contributed by atoms with Crippen LogP contribution in [0.5, 0.6) is 11.5 Å². The molecule has 1 heterocycles. The predicted molar refractivity (Wildman–Crippen MR) is 117 cm³/mol. The van der Waals surface area contributed by atoms with Gasteiger partial charge in [-0.05, 0) is 35.7 Å². The zero-order valence-corrected chi connectivity index (χ0v) is 17.1. The molecule has 0 radical (unpaired) electrons. The topological polar surface area (TPSA) is 67.9 Å². The van der Waals surface area contributed by atoms with Crippen LogP contribution in [0.3, 0.4) is 0 Å². The van der Waals surface area contributed by atoms with E-state index >= 15 is 0 Å². The van der Waals surface area contributed by atoms with Crippen LogP contribution < -0.4 is 14.8 Å². The van der Waals surface area contributed by atoms with Gasteiger partial charge in [0.25, 0.3) is 5.91 Å². The molecule has 4 rings (SSSR count). The highest BCUT2D eigenvalue weighted by Crippen LogP contribution is 2.32. The maximum atomic E-state index is 13.0. The first-order valence-electron chi connectivity index (χ1n) is 10.2. The Morgan fingerprint density at radius 2 is 1.52 bits per heavy atom. The number of hydrogen-bond donors (Lipinski definition) is 1. The van der Waals surface area contributed by atoms with Crippen molar-refractivity contribution in [2.45, 2.75) is 13.0 Å². The van der Waals surface area contributed by atoms with Gasteiger partial charge in [-0.1, -0.05) is 60.7 Å². The Morgan fingerprint density at radius 3 is 2.26 bits per heavy atom. The molecule has 31 heavy (non-hydrogen) atoms. The summed E-state index contributed by atoms with van der Waals surface area (Å²) in [7, 11) is 0. The molecule has 6 nitrogen and oxygen atoms in total. The molecule has 1 N–H and O–H groups in total. The zero-order valence-electron chi connectivity index (χ0n) is 17.1. The van der Waals surface area contributed by atoms with Gasteiger partial charge in [-0.3, -0.25) is 9.59 Å². The van der Waals surface area contributed by atoms with Crippen molar-refractivity contribution in [1.82, 2.24) is 10.2 Å². The Labute approximate surface area is 181 Å². The van der Waals surface area contributed by atoms with E-state index in [0.717, 1.165) is 17.5 Å². The Bertz CT molecular complexity index is 1040. The zero-order chi connectivity index (χ0) is 21.5. The van der Waals surface area contributed by atoms with E-state index in [0.29, 0.717) is 30.2 Å². The minimum Gasteiger partial charge on any atom is -0.454 e. The molecule has 158 valence electrons. The fourth-order valence-electron chi connectivity index (χ4n) is 3.41. The lowest BCUT2D eigenvalue weighted by atomic mass is 10.1. The van der Waals surface area contributed by atoms with Gasteiger partial charge in [0.15, 0.2) is 11.5 Å². The van der Waals surface area contributed by atoms with Crippen molar-refractivity contribution in [3.05, 3.63) is 95.6 Å². The van der Waals surface area contributed by atoms with Gasteiger partial charge in [0.2, 0.25) is 12.7 Å². The number of nitrogens with zero attached hydrogens (tertiary/aromatic N) is 1. The molecule has 0 spiro atoms. The molecule has 0 fully saturated rings. The smallest absolute Gasteiger partial charge is 0.251 e. The largest absolute Gasteiger partial charge is 0.454 e. The molecular formula is C25H24N2O4. The second-order valence-electron chi connectivity index (χ2n) is 7.29. The number of carbonyl (C=O) groups is 2. The van der Waals surface area contributed by atoms with Crippen LogP contribution >= 0.6 is 0 Å². The number of hydrogen-bond acceptors (Lipinski definition) is 4. The summed E-state index contributed by atoms with van der Waals surface area (Å²) >= 11 is 0. The Kier molecular flexibility index (Phi) is 6.47. The lowest BCUT2D eigenvalue weighted by Gasteiger charge is -2.23. The van der Waals surface area contributed by atoms with Crippen LogP contribution in [0.15, 0.2) is 78.9 Å². The van der Waals surface area contributed by atoms with E-state index < -0.39 is 0 Å². The number of carbonyl (C=O) groups excluding carboxylic acids is 2. The monoisotopic (exact) mass is 416 g/mol. The van der Waals surface area contributed by atoms with Gasteiger partial charge in [0.05, 0.1) is 6.54 Å². The fraction of sp³-hybridized carbons (Fsp3) is 0.200. The number of nitrogens with one attached hydrogen (secondary N) is 1. The molecule has 1 aliphatic rings. The summed E-state index contributed by atoms with van der Waals surface area (Å²) in [6.07, 6.45) is 0.746. The van der Waals surface area contributed by atoms with E-state index in [1.54, 1.807) is 23.1 Å². The van der Waals surface area contributed by atoms with Crippen molar-refractivity contribution in [2.24, 2.45) is 0 Å². The van der Waals surface area contributed by atoms with E-state index in [2.05, 4.69) is 5.32 Å². The maximum absolute atomic E-state index is 13.0. The molecule has 6 heteroatoms. The van der Waals surface area contributed by atoms with Crippen molar-refractivity contribution < 1.29 is 19.1 Å². The van der Waals surface area contributed by atoms with E-state index in [1.807, 2.05) is 60.7 Å². The highest BCUT2D eigenvalue weighted by Gasteiger charge is 2.18. The normalized spacial score (nSPS) is 11.7. The molecule has 3 aromatic carbocycles. The van der Waals surface area contributed by atoms with E-state index in [9.17, 15) is 9.59 Å². The molecule has 0 aliphatic carbocycles. The Balaban J connectivity index is 1.39. The summed E-state index contributed by atoms with van der Waals surface area (Å²) in [5, 5.41) is 2.73. The first-order chi connectivity index (χ1) is 15.2. The summed E-state index contributed by atoms with van der Waals surface area (Å²) in [6, 6.07) is 24.9. The van der Waals surface area contributed by atoms with Gasteiger partial charge in [-0.2, -0.15) is 0 Å². The molecular weight excluding hydrogens is 392 g/mol. The van der Waals surface area contributed by atoms with Crippen LogP contribution in [-0.4, -0.2) is 36.6 Å². The molecule has 0 atom stereocenters. The van der Waals surface area contributed by atoms with Crippen molar-refractivity contribution in [1.29, 1.82) is 0 Å². The fourth-order valence-corrected chi connectivity index (χ4v) is 3.41. The maximum Gasteiger partial charge on any atom is 0.251 e. The van der Waals surface area contributed by atoms with Gasteiger partial charge >= 0.3 is 0 Å². The molecule has 0 unspecified atom stereocenters. The van der Waals surface area contributed by atoms with E-state index in [4.69, 9.17) is 9.47 Å². The minimum atomic E-state index is -0.325. The molecule has 0 bridgehead atoms. The lowest BCUT2D eigenvalue weighted by molar-refractivity contribution is -0.130. The van der Waals surface area contributed by atoms with Crippen LogP contribution in [-0.2, 0) is 17.8 Å². The third kappa shape index (κ3) is 5.42. The van der Waals surface area contributed by atoms with Gasteiger partial charge < -0.3 is 19.7 Å². The van der Waals surface area contributed by atoms with Gasteiger partial charge in [0, 0.05) is 18.7 Å². The van der Waals surface area contributed by atoms with Crippen LogP contribution in [0.25, 0.3) is 0 Å². The molecule has 1 aliphatic heterocycles. The van der Waals surface area contributed by atoms with Gasteiger partial charge in [-0.15, -0.1) is 0 Å². The number of benzene rings is 3. The second kappa shape index (κ2) is 9.80. The molecule has 0 saturated heterocycles. The Morgan fingerprint density at radius 1 is 0.839 bits per heavy atom. The van der Waals surface area contributed by atoms with Gasteiger partial charge in [0.1, 0.15) is 0 Å². The first-order valence-corrected chi connectivity index (χ1v) is 10.2. The van der Waals surface area contributed by atoms with Crippen LogP contribution in [0.4, 0.5) is 0 Å². The highest BCUT2D eigenvalue weighted by molar-refractivity contribution is 5.97. The summed E-state index contributed by atoms with van der Waals surface area (Å²) in [6.45, 7) is 1.13. The minimum absolute atomic E-state index is 0.0745. The third-order valence-corrected chi connectivity index (χ3v) is 5.12.